The van der Waals surface area contributed by atoms with Gasteiger partial charge in [-0.1, -0.05) is 24.3 Å². The maximum absolute atomic E-state index is 4.65. The number of nitrogens with zero attached hydrogens (tertiary/aromatic N) is 3. The van der Waals surface area contributed by atoms with Gasteiger partial charge in [-0.25, -0.2) is 0 Å². The molecule has 0 bridgehead atoms. The molecule has 19 heavy (non-hydrogen) atoms. The topological polar surface area (TPSA) is 30.9 Å². The van der Waals surface area contributed by atoms with Crippen molar-refractivity contribution in [2.75, 3.05) is 46.3 Å². The lowest BCUT2D eigenvalue weighted by Gasteiger charge is -2.28. The molecule has 0 spiro atoms. The summed E-state index contributed by atoms with van der Waals surface area (Å²) < 4.78 is 0. The number of benzene rings is 1. The van der Waals surface area contributed by atoms with Crippen LogP contribution < -0.4 is 5.32 Å². The molecular weight excluding hydrogens is 236 g/mol. The summed E-state index contributed by atoms with van der Waals surface area (Å²) in [6.45, 7) is 7.47. The zero-order valence-corrected chi connectivity index (χ0v) is 11.6. The van der Waals surface area contributed by atoms with Crippen molar-refractivity contribution >= 4 is 5.84 Å². The van der Waals surface area contributed by atoms with Gasteiger partial charge in [0.15, 0.2) is 0 Å². The minimum atomic E-state index is 0.924. The van der Waals surface area contributed by atoms with E-state index in [0.717, 1.165) is 51.6 Å². The maximum atomic E-state index is 4.65. The summed E-state index contributed by atoms with van der Waals surface area (Å²) in [6, 6.07) is 8.70. The molecule has 1 fully saturated rings. The number of piperazine rings is 1. The molecule has 4 heteroatoms. The Morgan fingerprint density at radius 1 is 1.16 bits per heavy atom. The van der Waals surface area contributed by atoms with Crippen LogP contribution in [0.25, 0.3) is 0 Å². The number of rotatable bonds is 3. The Morgan fingerprint density at radius 3 is 2.68 bits per heavy atom. The molecule has 0 aliphatic carbocycles. The molecule has 0 amide bonds. The summed E-state index contributed by atoms with van der Waals surface area (Å²) in [5.41, 5.74) is 2.71. The summed E-state index contributed by atoms with van der Waals surface area (Å²) in [5.74, 6) is 1.16. The second kappa shape index (κ2) is 5.72. The van der Waals surface area contributed by atoms with Crippen molar-refractivity contribution in [2.24, 2.45) is 4.99 Å². The molecule has 1 saturated heterocycles. The third-order valence-corrected chi connectivity index (χ3v) is 3.92. The average Bonchev–Trinajstić information content (AvgIpc) is 2.87. The summed E-state index contributed by atoms with van der Waals surface area (Å²) in [5, 5.41) is 3.40. The van der Waals surface area contributed by atoms with Crippen molar-refractivity contribution < 1.29 is 0 Å². The molecule has 2 aliphatic heterocycles. The van der Waals surface area contributed by atoms with E-state index in [2.05, 4.69) is 51.4 Å². The summed E-state index contributed by atoms with van der Waals surface area (Å²) in [4.78, 5) is 9.43. The molecule has 1 aromatic carbocycles. The predicted octanol–water partition coefficient (Wildman–Crippen LogP) is 0.784. The van der Waals surface area contributed by atoms with Crippen molar-refractivity contribution in [3.05, 3.63) is 35.4 Å². The lowest BCUT2D eigenvalue weighted by atomic mass is 10.1. The van der Waals surface area contributed by atoms with Gasteiger partial charge in [-0.3, -0.25) is 9.89 Å². The molecule has 2 heterocycles. The van der Waals surface area contributed by atoms with Crippen LogP contribution in [0, 0.1) is 0 Å². The molecule has 0 saturated carbocycles. The quantitative estimate of drug-likeness (QED) is 0.869. The number of hydrogen-bond donors (Lipinski definition) is 1. The zero-order valence-electron chi connectivity index (χ0n) is 11.6. The van der Waals surface area contributed by atoms with Crippen molar-refractivity contribution in [2.45, 2.75) is 6.54 Å². The Hall–Kier alpha value is -1.39. The highest BCUT2D eigenvalue weighted by atomic mass is 15.2. The van der Waals surface area contributed by atoms with Crippen LogP contribution in [-0.4, -0.2) is 62.0 Å². The van der Waals surface area contributed by atoms with Gasteiger partial charge in [-0.2, -0.15) is 0 Å². The van der Waals surface area contributed by atoms with E-state index in [1.54, 1.807) is 0 Å². The molecule has 0 aromatic heterocycles. The van der Waals surface area contributed by atoms with Crippen LogP contribution >= 0.6 is 0 Å². The monoisotopic (exact) mass is 258 g/mol. The third kappa shape index (κ3) is 2.80. The predicted molar refractivity (Wildman–Crippen MR) is 78.6 cm³/mol. The van der Waals surface area contributed by atoms with Gasteiger partial charge in [-0.15, -0.1) is 0 Å². The molecule has 0 atom stereocenters. The Labute approximate surface area is 115 Å². The number of hydrogen-bond acceptors (Lipinski definition) is 4. The van der Waals surface area contributed by atoms with Gasteiger partial charge in [-0.05, 0) is 5.56 Å². The highest BCUT2D eigenvalue weighted by molar-refractivity contribution is 6.00. The maximum Gasteiger partial charge on any atom is 0.131 e. The van der Waals surface area contributed by atoms with E-state index in [0.29, 0.717) is 0 Å². The summed E-state index contributed by atoms with van der Waals surface area (Å²) in [6.07, 6.45) is 0. The Morgan fingerprint density at radius 2 is 1.95 bits per heavy atom. The van der Waals surface area contributed by atoms with E-state index >= 15 is 0 Å². The second-order valence-electron chi connectivity index (χ2n) is 5.31. The van der Waals surface area contributed by atoms with Crippen LogP contribution in [0.4, 0.5) is 0 Å². The first-order valence-corrected chi connectivity index (χ1v) is 7.11. The number of aliphatic imine (C=N–C) groups is 1. The molecule has 3 rings (SSSR count). The highest BCUT2D eigenvalue weighted by Crippen LogP contribution is 2.17. The smallest absolute Gasteiger partial charge is 0.131 e. The van der Waals surface area contributed by atoms with Gasteiger partial charge in [0.25, 0.3) is 0 Å². The first-order valence-electron chi connectivity index (χ1n) is 7.11. The fraction of sp³-hybridized carbons (Fsp3) is 0.533. The van der Waals surface area contributed by atoms with E-state index in [4.69, 9.17) is 0 Å². The van der Waals surface area contributed by atoms with Crippen molar-refractivity contribution in [1.29, 1.82) is 0 Å². The SMILES string of the molecule is CN1CCN=C1c1ccccc1CN1CCNCC1. The molecule has 0 radical (unpaired) electrons. The Balaban J connectivity index is 1.81. The fourth-order valence-electron chi connectivity index (χ4n) is 2.81. The zero-order chi connectivity index (χ0) is 13.1. The number of likely N-dealkylation sites (N-methyl/N-ethyl adjacent to an activating group) is 1. The molecule has 1 N–H and O–H groups in total. The van der Waals surface area contributed by atoms with E-state index in [-0.39, 0.29) is 0 Å². The largest absolute Gasteiger partial charge is 0.358 e. The normalized spacial score (nSPS) is 20.7. The van der Waals surface area contributed by atoms with Crippen molar-refractivity contribution in [3.63, 3.8) is 0 Å². The van der Waals surface area contributed by atoms with Crippen LogP contribution in [0.2, 0.25) is 0 Å². The number of nitrogens with one attached hydrogen (secondary N) is 1. The average molecular weight is 258 g/mol. The van der Waals surface area contributed by atoms with Gasteiger partial charge in [0, 0.05) is 51.9 Å². The summed E-state index contributed by atoms with van der Waals surface area (Å²) in [7, 11) is 2.13. The second-order valence-corrected chi connectivity index (χ2v) is 5.31. The molecule has 1 aromatic rings. The van der Waals surface area contributed by atoms with Crippen LogP contribution in [-0.2, 0) is 6.54 Å². The Bertz CT molecular complexity index is 463. The molecule has 102 valence electrons. The van der Waals surface area contributed by atoms with E-state index < -0.39 is 0 Å². The van der Waals surface area contributed by atoms with Crippen molar-refractivity contribution in [1.82, 2.24) is 15.1 Å². The lowest BCUT2D eigenvalue weighted by molar-refractivity contribution is 0.233. The van der Waals surface area contributed by atoms with Crippen LogP contribution in [0.5, 0.6) is 0 Å². The Kier molecular flexibility index (Phi) is 3.80. The van der Waals surface area contributed by atoms with Crippen LogP contribution in [0.15, 0.2) is 29.3 Å². The molecule has 2 aliphatic rings. The van der Waals surface area contributed by atoms with Crippen LogP contribution in [0.1, 0.15) is 11.1 Å². The molecule has 4 nitrogen and oxygen atoms in total. The standard InChI is InChI=1S/C15H22N4/c1-18-9-8-17-15(18)14-5-3-2-4-13(14)12-19-10-6-16-7-11-19/h2-5,16H,6-12H2,1H3. The van der Waals surface area contributed by atoms with E-state index in [1.165, 1.54) is 11.1 Å². The first kappa shape index (κ1) is 12.6. The molecule has 0 unspecified atom stereocenters. The van der Waals surface area contributed by atoms with Gasteiger partial charge in [0.1, 0.15) is 5.84 Å². The van der Waals surface area contributed by atoms with E-state index in [9.17, 15) is 0 Å². The number of amidine groups is 1. The fourth-order valence-corrected chi connectivity index (χ4v) is 2.81. The van der Waals surface area contributed by atoms with Crippen LogP contribution in [0.3, 0.4) is 0 Å². The third-order valence-electron chi connectivity index (χ3n) is 3.92. The minimum Gasteiger partial charge on any atom is -0.358 e. The highest BCUT2D eigenvalue weighted by Gasteiger charge is 2.19. The van der Waals surface area contributed by atoms with Gasteiger partial charge < -0.3 is 10.2 Å². The lowest BCUT2D eigenvalue weighted by Crippen LogP contribution is -2.43. The van der Waals surface area contributed by atoms with Gasteiger partial charge in [0.2, 0.25) is 0 Å². The van der Waals surface area contributed by atoms with Crippen molar-refractivity contribution in [3.8, 4) is 0 Å². The van der Waals surface area contributed by atoms with E-state index in [1.807, 2.05) is 0 Å². The minimum absolute atomic E-state index is 0.924. The summed E-state index contributed by atoms with van der Waals surface area (Å²) >= 11 is 0. The van der Waals surface area contributed by atoms with Gasteiger partial charge in [0.05, 0.1) is 6.54 Å². The molecular formula is C15H22N4. The first-order chi connectivity index (χ1) is 9.34. The van der Waals surface area contributed by atoms with Gasteiger partial charge >= 0.3 is 0 Å².